The Morgan fingerprint density at radius 3 is 2.21 bits per heavy atom. The highest BCUT2D eigenvalue weighted by atomic mass is 35.5. The topological polar surface area (TPSA) is 88.9 Å². The number of hydrogen-bond donors (Lipinski definition) is 1. The van der Waals surface area contributed by atoms with Crippen molar-refractivity contribution in [3.63, 3.8) is 0 Å². The molecule has 1 N–H and O–H groups in total. The molecule has 1 saturated heterocycles. The molecule has 1 aromatic heterocycles. The Balaban J connectivity index is 0.00000324. The summed E-state index contributed by atoms with van der Waals surface area (Å²) in [5, 5.41) is 7.22. The van der Waals surface area contributed by atoms with Gasteiger partial charge in [-0.05, 0) is 30.3 Å². The van der Waals surface area contributed by atoms with Crippen LogP contribution in [0.5, 0.6) is 11.5 Å². The van der Waals surface area contributed by atoms with Crippen LogP contribution in [-0.4, -0.2) is 56.1 Å². The molecule has 0 atom stereocenters. The Bertz CT molecular complexity index is 1180. The number of amides is 1. The van der Waals surface area contributed by atoms with Gasteiger partial charge >= 0.3 is 0 Å². The van der Waals surface area contributed by atoms with Crippen molar-refractivity contribution in [1.29, 1.82) is 0 Å². The lowest BCUT2D eigenvalue weighted by atomic mass is 10.2. The second kappa shape index (κ2) is 11.4. The van der Waals surface area contributed by atoms with Crippen LogP contribution in [0, 0.1) is 0 Å². The van der Waals surface area contributed by atoms with Gasteiger partial charge in [-0.2, -0.15) is 5.10 Å². The monoisotopic (exact) mass is 485 g/mol. The molecule has 34 heavy (non-hydrogen) atoms. The summed E-state index contributed by atoms with van der Waals surface area (Å²) in [6, 6.07) is 18.2. The van der Waals surface area contributed by atoms with Crippen LogP contribution in [0.3, 0.4) is 0 Å². The van der Waals surface area contributed by atoms with Gasteiger partial charge in [-0.15, -0.1) is 12.4 Å². The molecule has 0 radical (unpaired) electrons. The number of benzene rings is 2. The predicted octanol–water partition coefficient (Wildman–Crippen LogP) is 2.65. The maximum absolute atomic E-state index is 12.6. The molecule has 0 saturated carbocycles. The van der Waals surface area contributed by atoms with Gasteiger partial charge in [0.2, 0.25) is 5.91 Å². The normalized spacial score (nSPS) is 13.1. The zero-order valence-electron chi connectivity index (χ0n) is 19.1. The minimum absolute atomic E-state index is 0. The SMILES string of the molecule is COc1ccccc1NC(=O)Cn1nc(N2CCN(c3ccccc3OC)CC2)ccc1=O.Cl. The van der Waals surface area contributed by atoms with Gasteiger partial charge in [-0.1, -0.05) is 24.3 Å². The van der Waals surface area contributed by atoms with Crippen molar-refractivity contribution in [3.05, 3.63) is 71.0 Å². The summed E-state index contributed by atoms with van der Waals surface area (Å²) in [6.07, 6.45) is 0. The summed E-state index contributed by atoms with van der Waals surface area (Å²) < 4.78 is 11.9. The maximum Gasteiger partial charge on any atom is 0.267 e. The first-order valence-corrected chi connectivity index (χ1v) is 10.7. The number of carbonyl (C=O) groups excluding carboxylic acids is 1. The molecule has 3 aromatic rings. The largest absolute Gasteiger partial charge is 0.495 e. The van der Waals surface area contributed by atoms with E-state index in [1.165, 1.54) is 17.9 Å². The number of methoxy groups -OCH3 is 2. The van der Waals surface area contributed by atoms with E-state index in [9.17, 15) is 9.59 Å². The van der Waals surface area contributed by atoms with Crippen LogP contribution < -0.4 is 30.1 Å². The molecular formula is C24H28ClN5O4. The smallest absolute Gasteiger partial charge is 0.267 e. The van der Waals surface area contributed by atoms with Crippen LogP contribution in [0.2, 0.25) is 0 Å². The average molecular weight is 486 g/mol. The number of para-hydroxylation sites is 4. The minimum Gasteiger partial charge on any atom is -0.495 e. The molecule has 10 heteroatoms. The molecule has 2 heterocycles. The number of piperazine rings is 1. The fourth-order valence-electron chi connectivity index (χ4n) is 3.86. The number of nitrogens with zero attached hydrogens (tertiary/aromatic N) is 4. The molecule has 1 aliphatic rings. The van der Waals surface area contributed by atoms with Crippen LogP contribution in [-0.2, 0) is 11.3 Å². The molecule has 1 aliphatic heterocycles. The van der Waals surface area contributed by atoms with E-state index in [-0.39, 0.29) is 30.4 Å². The van der Waals surface area contributed by atoms with Crippen LogP contribution in [0.1, 0.15) is 0 Å². The Labute approximate surface area is 204 Å². The fraction of sp³-hybridized carbons (Fsp3) is 0.292. The Kier molecular flexibility index (Phi) is 8.37. The number of aromatic nitrogens is 2. The minimum atomic E-state index is -0.354. The first-order valence-electron chi connectivity index (χ1n) is 10.7. The molecule has 0 unspecified atom stereocenters. The molecule has 9 nitrogen and oxygen atoms in total. The van der Waals surface area contributed by atoms with Crippen LogP contribution >= 0.6 is 12.4 Å². The van der Waals surface area contributed by atoms with Gasteiger partial charge < -0.3 is 24.6 Å². The van der Waals surface area contributed by atoms with Crippen molar-refractivity contribution in [2.45, 2.75) is 6.54 Å². The molecule has 0 bridgehead atoms. The van der Waals surface area contributed by atoms with E-state index in [0.29, 0.717) is 17.3 Å². The third-order valence-corrected chi connectivity index (χ3v) is 5.56. The van der Waals surface area contributed by atoms with Crippen molar-refractivity contribution in [2.24, 2.45) is 0 Å². The van der Waals surface area contributed by atoms with Gasteiger partial charge in [0.1, 0.15) is 23.9 Å². The number of carbonyl (C=O) groups is 1. The summed E-state index contributed by atoms with van der Waals surface area (Å²) >= 11 is 0. The first kappa shape index (κ1) is 24.9. The molecule has 0 spiro atoms. The third-order valence-electron chi connectivity index (χ3n) is 5.56. The van der Waals surface area contributed by atoms with E-state index in [1.54, 1.807) is 31.4 Å². The lowest BCUT2D eigenvalue weighted by molar-refractivity contribution is -0.117. The number of anilines is 3. The number of hydrogen-bond acceptors (Lipinski definition) is 7. The van der Waals surface area contributed by atoms with Crippen LogP contribution in [0.4, 0.5) is 17.2 Å². The zero-order chi connectivity index (χ0) is 23.2. The summed E-state index contributed by atoms with van der Waals surface area (Å²) in [5.41, 5.74) is 1.27. The summed E-state index contributed by atoms with van der Waals surface area (Å²) in [5.74, 6) is 1.71. The van der Waals surface area contributed by atoms with Gasteiger partial charge in [0.05, 0.1) is 25.6 Å². The maximum atomic E-state index is 12.6. The molecule has 4 rings (SSSR count). The van der Waals surface area contributed by atoms with E-state index in [1.807, 2.05) is 30.3 Å². The molecule has 1 fully saturated rings. The quantitative estimate of drug-likeness (QED) is 0.550. The third kappa shape index (κ3) is 5.60. The highest BCUT2D eigenvalue weighted by Crippen LogP contribution is 2.29. The Morgan fingerprint density at radius 1 is 0.882 bits per heavy atom. The second-order valence-corrected chi connectivity index (χ2v) is 7.58. The highest BCUT2D eigenvalue weighted by molar-refractivity contribution is 5.92. The van der Waals surface area contributed by atoms with Crippen molar-refractivity contribution in [2.75, 3.05) is 55.5 Å². The zero-order valence-corrected chi connectivity index (χ0v) is 20.0. The van der Waals surface area contributed by atoms with Crippen molar-refractivity contribution >= 4 is 35.5 Å². The number of halogens is 1. The van der Waals surface area contributed by atoms with Crippen molar-refractivity contribution in [1.82, 2.24) is 9.78 Å². The summed E-state index contributed by atoms with van der Waals surface area (Å²) in [6.45, 7) is 2.85. The van der Waals surface area contributed by atoms with Crippen molar-refractivity contribution < 1.29 is 14.3 Å². The standard InChI is InChI=1S/C24H27N5O4.ClH/c1-32-20-9-5-3-7-18(20)25-23(30)17-29-24(31)12-11-22(26-29)28-15-13-27(14-16-28)19-8-4-6-10-21(19)33-2;/h3-12H,13-17H2,1-2H3,(H,25,30);1H. The Hall–Kier alpha value is -3.72. The lowest BCUT2D eigenvalue weighted by Crippen LogP contribution is -2.47. The molecule has 2 aromatic carbocycles. The second-order valence-electron chi connectivity index (χ2n) is 7.58. The number of ether oxygens (including phenoxy) is 2. The summed E-state index contributed by atoms with van der Waals surface area (Å²) in [4.78, 5) is 29.3. The molecular weight excluding hydrogens is 458 g/mol. The average Bonchev–Trinajstić information content (AvgIpc) is 2.86. The van der Waals surface area contributed by atoms with Gasteiger partial charge in [0.25, 0.3) is 5.56 Å². The number of rotatable bonds is 7. The Morgan fingerprint density at radius 2 is 1.50 bits per heavy atom. The molecule has 180 valence electrons. The highest BCUT2D eigenvalue weighted by Gasteiger charge is 2.21. The van der Waals surface area contributed by atoms with Gasteiger partial charge in [0.15, 0.2) is 0 Å². The lowest BCUT2D eigenvalue weighted by Gasteiger charge is -2.37. The molecule has 0 aliphatic carbocycles. The van der Waals surface area contributed by atoms with Gasteiger partial charge in [-0.3, -0.25) is 9.59 Å². The van der Waals surface area contributed by atoms with E-state index in [4.69, 9.17) is 9.47 Å². The van der Waals surface area contributed by atoms with Gasteiger partial charge in [0, 0.05) is 32.2 Å². The predicted molar refractivity (Wildman–Crippen MR) is 135 cm³/mol. The molecule has 1 amide bonds. The van der Waals surface area contributed by atoms with E-state index in [0.717, 1.165) is 37.6 Å². The van der Waals surface area contributed by atoms with Crippen molar-refractivity contribution in [3.8, 4) is 11.5 Å². The first-order chi connectivity index (χ1) is 16.1. The van der Waals surface area contributed by atoms with Gasteiger partial charge in [-0.25, -0.2) is 4.68 Å². The van der Waals surface area contributed by atoms with Crippen LogP contribution in [0.25, 0.3) is 0 Å². The summed E-state index contributed by atoms with van der Waals surface area (Å²) in [7, 11) is 3.21. The van der Waals surface area contributed by atoms with Crippen LogP contribution in [0.15, 0.2) is 65.5 Å². The van der Waals surface area contributed by atoms with E-state index in [2.05, 4.69) is 20.2 Å². The number of nitrogens with one attached hydrogen (secondary N) is 1. The van der Waals surface area contributed by atoms with E-state index >= 15 is 0 Å². The van der Waals surface area contributed by atoms with E-state index < -0.39 is 0 Å². The fourth-order valence-corrected chi connectivity index (χ4v) is 3.86.